The van der Waals surface area contributed by atoms with Gasteiger partial charge in [-0.25, -0.2) is 0 Å². The van der Waals surface area contributed by atoms with E-state index in [9.17, 15) is 4.79 Å². The van der Waals surface area contributed by atoms with Gasteiger partial charge in [0.15, 0.2) is 0 Å². The number of nitrogens with one attached hydrogen (secondary N) is 1. The minimum Gasteiger partial charge on any atom is -0.465 e. The zero-order chi connectivity index (χ0) is 9.03. The molecule has 0 aromatic rings. The summed E-state index contributed by atoms with van der Waals surface area (Å²) >= 11 is 1.70. The average Bonchev–Trinajstić information content (AvgIpc) is 1.97. The Morgan fingerprint density at radius 3 is 2.67 bits per heavy atom. The summed E-state index contributed by atoms with van der Waals surface area (Å²) in [5, 5.41) is 3.11. The third-order valence-electron chi connectivity index (χ3n) is 2.06. The van der Waals surface area contributed by atoms with Gasteiger partial charge in [0.05, 0.1) is 6.61 Å². The third-order valence-corrected chi connectivity index (χ3v) is 2.90. The first-order chi connectivity index (χ1) is 5.75. The van der Waals surface area contributed by atoms with Crippen LogP contribution < -0.4 is 5.32 Å². The molecular weight excluding hydrogens is 174 g/mol. The first-order valence-corrected chi connectivity index (χ1v) is 5.51. The zero-order valence-electron chi connectivity index (χ0n) is 7.55. The smallest absolute Gasteiger partial charge is 0.315 e. The molecular formula is C8H15NO2S. The quantitative estimate of drug-likeness (QED) is 0.654. The van der Waals surface area contributed by atoms with Gasteiger partial charge in [-0.3, -0.25) is 4.79 Å². The van der Waals surface area contributed by atoms with Crippen LogP contribution in [0.4, 0.5) is 0 Å². The van der Waals surface area contributed by atoms with E-state index < -0.39 is 0 Å². The predicted octanol–water partition coefficient (Wildman–Crippen LogP) is 0.502. The Balaban J connectivity index is 2.47. The zero-order valence-corrected chi connectivity index (χ0v) is 8.37. The predicted molar refractivity (Wildman–Crippen MR) is 50.3 cm³/mol. The molecule has 0 aliphatic carbocycles. The van der Waals surface area contributed by atoms with E-state index in [4.69, 9.17) is 4.74 Å². The van der Waals surface area contributed by atoms with Gasteiger partial charge in [0.2, 0.25) is 0 Å². The first-order valence-electron chi connectivity index (χ1n) is 4.12. The second kappa shape index (κ2) is 4.14. The molecule has 1 fully saturated rings. The van der Waals surface area contributed by atoms with Crippen LogP contribution in [0, 0.1) is 5.41 Å². The maximum Gasteiger partial charge on any atom is 0.315 e. The molecule has 1 aliphatic rings. The number of carbonyl (C=O) groups excluding carboxylic acids is 1. The maximum atomic E-state index is 11.5. The molecule has 0 saturated carbocycles. The summed E-state index contributed by atoms with van der Waals surface area (Å²) in [6, 6.07) is 0. The number of hydrogen-bond donors (Lipinski definition) is 1. The van der Waals surface area contributed by atoms with Crippen molar-refractivity contribution in [3.8, 4) is 0 Å². The number of carbonyl (C=O) groups is 1. The summed E-state index contributed by atoms with van der Waals surface area (Å²) < 4.78 is 5.01. The van der Waals surface area contributed by atoms with Crippen molar-refractivity contribution >= 4 is 17.7 Å². The lowest BCUT2D eigenvalue weighted by molar-refractivity contribution is -0.156. The largest absolute Gasteiger partial charge is 0.465 e. The molecule has 12 heavy (non-hydrogen) atoms. The summed E-state index contributed by atoms with van der Waals surface area (Å²) in [7, 11) is 0. The van der Waals surface area contributed by atoms with Crippen molar-refractivity contribution in [1.29, 1.82) is 0 Å². The maximum absolute atomic E-state index is 11.5. The second-order valence-electron chi connectivity index (χ2n) is 3.04. The molecule has 3 nitrogen and oxygen atoms in total. The summed E-state index contributed by atoms with van der Waals surface area (Å²) in [6.07, 6.45) is 2.01. The SMILES string of the molecule is CCOC(=O)C1(CSC)CNC1. The Morgan fingerprint density at radius 2 is 2.33 bits per heavy atom. The van der Waals surface area contributed by atoms with Gasteiger partial charge < -0.3 is 10.1 Å². The average molecular weight is 189 g/mol. The van der Waals surface area contributed by atoms with Crippen LogP contribution in [0.5, 0.6) is 0 Å². The fourth-order valence-corrected chi connectivity index (χ4v) is 2.17. The number of thioether (sulfide) groups is 1. The number of esters is 1. The Hall–Kier alpha value is -0.220. The van der Waals surface area contributed by atoms with Crippen LogP contribution in [0.15, 0.2) is 0 Å². The highest BCUT2D eigenvalue weighted by Gasteiger charge is 2.45. The topological polar surface area (TPSA) is 38.3 Å². The fraction of sp³-hybridized carbons (Fsp3) is 0.875. The molecule has 0 unspecified atom stereocenters. The summed E-state index contributed by atoms with van der Waals surface area (Å²) in [4.78, 5) is 11.5. The van der Waals surface area contributed by atoms with E-state index in [1.54, 1.807) is 11.8 Å². The fourth-order valence-electron chi connectivity index (χ4n) is 1.29. The van der Waals surface area contributed by atoms with E-state index in [2.05, 4.69) is 5.32 Å². The van der Waals surface area contributed by atoms with Crippen LogP contribution in [0.3, 0.4) is 0 Å². The van der Waals surface area contributed by atoms with Crippen LogP contribution in [0.1, 0.15) is 6.92 Å². The van der Waals surface area contributed by atoms with Crippen molar-refractivity contribution in [2.75, 3.05) is 31.7 Å². The highest BCUT2D eigenvalue weighted by atomic mass is 32.2. The van der Waals surface area contributed by atoms with E-state index in [-0.39, 0.29) is 11.4 Å². The molecule has 1 heterocycles. The summed E-state index contributed by atoms with van der Waals surface area (Å²) in [5.74, 6) is 0.817. The summed E-state index contributed by atoms with van der Waals surface area (Å²) in [6.45, 7) is 3.87. The van der Waals surface area contributed by atoms with Crippen molar-refractivity contribution in [2.24, 2.45) is 5.41 Å². The molecule has 1 rings (SSSR count). The number of ether oxygens (including phenoxy) is 1. The molecule has 0 atom stereocenters. The molecule has 0 bridgehead atoms. The molecule has 0 aromatic heterocycles. The molecule has 1 N–H and O–H groups in total. The van der Waals surface area contributed by atoms with E-state index in [0.717, 1.165) is 18.8 Å². The van der Waals surface area contributed by atoms with Gasteiger partial charge in [-0.2, -0.15) is 11.8 Å². The lowest BCUT2D eigenvalue weighted by atomic mass is 9.84. The molecule has 0 radical (unpaired) electrons. The van der Waals surface area contributed by atoms with Crippen LogP contribution in [-0.4, -0.2) is 37.7 Å². The van der Waals surface area contributed by atoms with Gasteiger partial charge in [-0.05, 0) is 13.2 Å². The number of rotatable bonds is 4. The van der Waals surface area contributed by atoms with Crippen LogP contribution >= 0.6 is 11.8 Å². The molecule has 4 heteroatoms. The van der Waals surface area contributed by atoms with E-state index in [0.29, 0.717) is 6.61 Å². The Kier molecular flexibility index (Phi) is 3.40. The molecule has 0 aromatic carbocycles. The summed E-state index contributed by atoms with van der Waals surface area (Å²) in [5.41, 5.74) is -0.227. The van der Waals surface area contributed by atoms with Gasteiger partial charge in [0.1, 0.15) is 5.41 Å². The molecule has 1 saturated heterocycles. The minimum atomic E-state index is -0.227. The van der Waals surface area contributed by atoms with Crippen molar-refractivity contribution < 1.29 is 9.53 Å². The highest BCUT2D eigenvalue weighted by molar-refractivity contribution is 7.98. The molecule has 1 aliphatic heterocycles. The Bertz CT molecular complexity index is 168. The van der Waals surface area contributed by atoms with E-state index in [1.165, 1.54) is 0 Å². The third kappa shape index (κ3) is 1.75. The van der Waals surface area contributed by atoms with Crippen molar-refractivity contribution in [3.05, 3.63) is 0 Å². The molecule has 70 valence electrons. The number of hydrogen-bond acceptors (Lipinski definition) is 4. The van der Waals surface area contributed by atoms with Crippen molar-refractivity contribution in [2.45, 2.75) is 6.92 Å². The van der Waals surface area contributed by atoms with Gasteiger partial charge in [-0.1, -0.05) is 0 Å². The minimum absolute atomic E-state index is 0.0434. The van der Waals surface area contributed by atoms with Crippen molar-refractivity contribution in [1.82, 2.24) is 5.32 Å². The lowest BCUT2D eigenvalue weighted by Crippen LogP contribution is -2.60. The highest BCUT2D eigenvalue weighted by Crippen LogP contribution is 2.28. The Labute approximate surface area is 77.2 Å². The standard InChI is InChI=1S/C8H15NO2S/c1-3-11-7(10)8(6-12-2)4-9-5-8/h9H,3-6H2,1-2H3. The molecule has 0 amide bonds. The molecule has 0 spiro atoms. The van der Waals surface area contributed by atoms with Gasteiger partial charge in [-0.15, -0.1) is 0 Å². The first kappa shape index (κ1) is 9.86. The normalized spacial score (nSPS) is 19.8. The van der Waals surface area contributed by atoms with Crippen LogP contribution in [-0.2, 0) is 9.53 Å². The van der Waals surface area contributed by atoms with E-state index >= 15 is 0 Å². The van der Waals surface area contributed by atoms with E-state index in [1.807, 2.05) is 13.2 Å². The van der Waals surface area contributed by atoms with Gasteiger partial charge >= 0.3 is 5.97 Å². The lowest BCUT2D eigenvalue weighted by Gasteiger charge is -2.39. The second-order valence-corrected chi connectivity index (χ2v) is 3.90. The van der Waals surface area contributed by atoms with Gasteiger partial charge in [0.25, 0.3) is 0 Å². The van der Waals surface area contributed by atoms with Crippen LogP contribution in [0.2, 0.25) is 0 Å². The van der Waals surface area contributed by atoms with Crippen LogP contribution in [0.25, 0.3) is 0 Å². The van der Waals surface area contributed by atoms with Crippen molar-refractivity contribution in [3.63, 3.8) is 0 Å². The Morgan fingerprint density at radius 1 is 1.67 bits per heavy atom. The van der Waals surface area contributed by atoms with Gasteiger partial charge in [0, 0.05) is 18.8 Å². The monoisotopic (exact) mass is 189 g/mol.